The number of carbonyl (C=O) groups excluding carboxylic acids is 1. The van der Waals surface area contributed by atoms with Crippen LogP contribution in [-0.2, 0) is 19.5 Å². The van der Waals surface area contributed by atoms with Gasteiger partial charge in [-0.05, 0) is 13.3 Å². The molecule has 0 saturated heterocycles. The van der Waals surface area contributed by atoms with Crippen molar-refractivity contribution in [2.45, 2.75) is 25.5 Å². The quantitative estimate of drug-likeness (QED) is 0.625. The average molecular weight is 223 g/mol. The molecule has 0 fully saturated rings. The Bertz CT molecular complexity index is 286. The first kappa shape index (κ1) is 13.4. The molecule has 0 aliphatic rings. The van der Waals surface area contributed by atoms with Crippen LogP contribution in [0.5, 0.6) is 0 Å². The van der Waals surface area contributed by atoms with Gasteiger partial charge in [0.1, 0.15) is 5.25 Å². The first-order chi connectivity index (χ1) is 6.36. The third kappa shape index (κ3) is 3.26. The summed E-state index contributed by atoms with van der Waals surface area (Å²) in [6.07, 6.45) is 0.511. The Balaban J connectivity index is 4.62. The maximum Gasteiger partial charge on any atom is 0.263 e. The second-order valence-electron chi connectivity index (χ2n) is 3.03. The Morgan fingerprint density at radius 3 is 2.36 bits per heavy atom. The van der Waals surface area contributed by atoms with Crippen molar-refractivity contribution in [2.24, 2.45) is 0 Å². The standard InChI is InChI=1S/C8H17NO4S/c1-5-6-14(11,12)7(2)8(10)9(3)13-4/h7H,5-6H2,1-4H3/t7-/m1/s1. The Hall–Kier alpha value is -0.620. The lowest BCUT2D eigenvalue weighted by Gasteiger charge is -2.18. The fraction of sp³-hybridized carbons (Fsp3) is 0.875. The number of hydrogen-bond acceptors (Lipinski definition) is 4. The summed E-state index contributed by atoms with van der Waals surface area (Å²) in [5, 5.41) is -0.106. The van der Waals surface area contributed by atoms with Crippen LogP contribution >= 0.6 is 0 Å². The zero-order valence-corrected chi connectivity index (χ0v) is 9.80. The van der Waals surface area contributed by atoms with Gasteiger partial charge in [0, 0.05) is 7.05 Å². The summed E-state index contributed by atoms with van der Waals surface area (Å²) in [7, 11) is -0.630. The first-order valence-electron chi connectivity index (χ1n) is 4.40. The Labute approximate surface area is 84.9 Å². The molecule has 0 aliphatic carbocycles. The van der Waals surface area contributed by atoms with Crippen LogP contribution in [0.2, 0.25) is 0 Å². The highest BCUT2D eigenvalue weighted by molar-refractivity contribution is 7.92. The predicted molar refractivity (Wildman–Crippen MR) is 53.3 cm³/mol. The van der Waals surface area contributed by atoms with Gasteiger partial charge < -0.3 is 0 Å². The SMILES string of the molecule is CCCS(=O)(=O)[C@H](C)C(=O)N(C)OC. The number of rotatable bonds is 5. The molecule has 0 aromatic carbocycles. The van der Waals surface area contributed by atoms with Gasteiger partial charge in [-0.3, -0.25) is 9.63 Å². The van der Waals surface area contributed by atoms with Gasteiger partial charge in [0.05, 0.1) is 12.9 Å². The Morgan fingerprint density at radius 1 is 1.50 bits per heavy atom. The summed E-state index contributed by atoms with van der Waals surface area (Å²) in [6, 6.07) is 0. The zero-order valence-electron chi connectivity index (χ0n) is 8.98. The molecule has 0 aromatic heterocycles. The van der Waals surface area contributed by atoms with Crippen LogP contribution in [0, 0.1) is 0 Å². The summed E-state index contributed by atoms with van der Waals surface area (Å²) in [5.74, 6) is -0.516. The van der Waals surface area contributed by atoms with E-state index in [1.54, 1.807) is 6.92 Å². The summed E-state index contributed by atoms with van der Waals surface area (Å²) in [4.78, 5) is 16.0. The fourth-order valence-corrected chi connectivity index (χ4v) is 2.34. The molecule has 0 unspecified atom stereocenters. The van der Waals surface area contributed by atoms with E-state index in [1.165, 1.54) is 21.1 Å². The monoisotopic (exact) mass is 223 g/mol. The van der Waals surface area contributed by atoms with Crippen molar-refractivity contribution in [1.29, 1.82) is 0 Å². The summed E-state index contributed by atoms with van der Waals surface area (Å²) in [5.41, 5.74) is 0. The highest BCUT2D eigenvalue weighted by Crippen LogP contribution is 2.06. The van der Waals surface area contributed by atoms with Crippen LogP contribution in [-0.4, -0.2) is 44.5 Å². The smallest absolute Gasteiger partial charge is 0.263 e. The van der Waals surface area contributed by atoms with Gasteiger partial charge in [-0.2, -0.15) is 0 Å². The number of nitrogens with zero attached hydrogens (tertiary/aromatic N) is 1. The van der Waals surface area contributed by atoms with Crippen LogP contribution in [0.3, 0.4) is 0 Å². The van der Waals surface area contributed by atoms with E-state index in [0.717, 1.165) is 5.06 Å². The van der Waals surface area contributed by atoms with Gasteiger partial charge in [-0.25, -0.2) is 13.5 Å². The van der Waals surface area contributed by atoms with Crippen LogP contribution in [0.15, 0.2) is 0 Å². The van der Waals surface area contributed by atoms with Crippen molar-refractivity contribution in [1.82, 2.24) is 5.06 Å². The zero-order chi connectivity index (χ0) is 11.4. The Kier molecular flexibility index (Phi) is 5.07. The molecule has 0 bridgehead atoms. The van der Waals surface area contributed by atoms with Crippen molar-refractivity contribution in [3.8, 4) is 0 Å². The second kappa shape index (κ2) is 5.31. The van der Waals surface area contributed by atoms with Crippen LogP contribution in [0.4, 0.5) is 0 Å². The van der Waals surface area contributed by atoms with Gasteiger partial charge in [-0.15, -0.1) is 0 Å². The number of hydroxylamine groups is 2. The molecule has 0 spiro atoms. The van der Waals surface area contributed by atoms with E-state index in [9.17, 15) is 13.2 Å². The van der Waals surface area contributed by atoms with Crippen molar-refractivity contribution in [2.75, 3.05) is 19.9 Å². The van der Waals surface area contributed by atoms with E-state index in [-0.39, 0.29) is 5.75 Å². The van der Waals surface area contributed by atoms with Crippen molar-refractivity contribution < 1.29 is 18.0 Å². The molecule has 84 valence electrons. The molecule has 0 heterocycles. The van der Waals surface area contributed by atoms with Gasteiger partial charge in [0.2, 0.25) is 0 Å². The Morgan fingerprint density at radius 2 is 2.00 bits per heavy atom. The molecule has 0 N–H and O–H groups in total. The molecule has 0 radical (unpaired) electrons. The first-order valence-corrected chi connectivity index (χ1v) is 6.11. The van der Waals surface area contributed by atoms with Crippen LogP contribution in [0.1, 0.15) is 20.3 Å². The minimum atomic E-state index is -3.34. The summed E-state index contributed by atoms with van der Waals surface area (Å²) < 4.78 is 23.0. The lowest BCUT2D eigenvalue weighted by atomic mass is 10.4. The van der Waals surface area contributed by atoms with E-state index in [4.69, 9.17) is 0 Å². The normalized spacial score (nSPS) is 13.7. The molecule has 5 nitrogen and oxygen atoms in total. The average Bonchev–Trinajstić information content (AvgIpc) is 2.14. The van der Waals surface area contributed by atoms with E-state index >= 15 is 0 Å². The molecule has 14 heavy (non-hydrogen) atoms. The van der Waals surface area contributed by atoms with Crippen LogP contribution < -0.4 is 0 Å². The van der Waals surface area contributed by atoms with Gasteiger partial charge in [0.15, 0.2) is 9.84 Å². The van der Waals surface area contributed by atoms with Gasteiger partial charge in [-0.1, -0.05) is 6.92 Å². The number of carbonyl (C=O) groups is 1. The van der Waals surface area contributed by atoms with E-state index in [0.29, 0.717) is 6.42 Å². The van der Waals surface area contributed by atoms with Gasteiger partial charge in [0.25, 0.3) is 5.91 Å². The molecule has 0 aliphatic heterocycles. The van der Waals surface area contributed by atoms with Crippen molar-refractivity contribution >= 4 is 15.7 Å². The maximum absolute atomic E-state index is 11.5. The molecule has 0 aromatic rings. The predicted octanol–water partition coefficient (Wildman–Crippen LogP) is 0.220. The molecule has 0 rings (SSSR count). The van der Waals surface area contributed by atoms with E-state index in [1.807, 2.05) is 0 Å². The summed E-state index contributed by atoms with van der Waals surface area (Å²) in [6.45, 7) is 3.14. The lowest BCUT2D eigenvalue weighted by Crippen LogP contribution is -2.39. The molecular weight excluding hydrogens is 206 g/mol. The molecule has 6 heteroatoms. The third-order valence-corrected chi connectivity index (χ3v) is 4.22. The molecule has 0 saturated carbocycles. The fourth-order valence-electron chi connectivity index (χ4n) is 0.961. The second-order valence-corrected chi connectivity index (χ2v) is 5.47. The van der Waals surface area contributed by atoms with E-state index < -0.39 is 21.0 Å². The molecule has 1 amide bonds. The number of amides is 1. The highest BCUT2D eigenvalue weighted by Gasteiger charge is 2.29. The van der Waals surface area contributed by atoms with Crippen molar-refractivity contribution in [3.05, 3.63) is 0 Å². The maximum atomic E-state index is 11.5. The lowest BCUT2D eigenvalue weighted by molar-refractivity contribution is -0.167. The van der Waals surface area contributed by atoms with Crippen molar-refractivity contribution in [3.63, 3.8) is 0 Å². The topological polar surface area (TPSA) is 63.7 Å². The minimum Gasteiger partial charge on any atom is -0.275 e. The number of hydrogen-bond donors (Lipinski definition) is 0. The molecule has 1 atom stereocenters. The largest absolute Gasteiger partial charge is 0.275 e. The third-order valence-electron chi connectivity index (χ3n) is 1.96. The summed E-state index contributed by atoms with van der Waals surface area (Å²) >= 11 is 0. The minimum absolute atomic E-state index is 0.0253. The highest BCUT2D eigenvalue weighted by atomic mass is 32.2. The van der Waals surface area contributed by atoms with Gasteiger partial charge >= 0.3 is 0 Å². The molecular formula is C8H17NO4S. The number of sulfone groups is 1. The van der Waals surface area contributed by atoms with E-state index in [2.05, 4.69) is 4.84 Å². The van der Waals surface area contributed by atoms with Crippen LogP contribution in [0.25, 0.3) is 0 Å².